The third-order valence-electron chi connectivity index (χ3n) is 3.49. The highest BCUT2D eigenvalue weighted by Crippen LogP contribution is 2.19. The topological polar surface area (TPSA) is 87.2 Å². The van der Waals surface area contributed by atoms with E-state index in [0.29, 0.717) is 32.5 Å². The van der Waals surface area contributed by atoms with Gasteiger partial charge in [0.15, 0.2) is 0 Å². The largest absolute Gasteiger partial charge is 0.480 e. The van der Waals surface area contributed by atoms with Crippen molar-refractivity contribution < 1.29 is 24.2 Å². The minimum Gasteiger partial charge on any atom is -0.480 e. The second kappa shape index (κ2) is 7.85. The van der Waals surface area contributed by atoms with Gasteiger partial charge in [0.2, 0.25) is 0 Å². The first-order valence-corrected chi connectivity index (χ1v) is 7.30. The number of aliphatic carboxylic acids is 1. The zero-order chi connectivity index (χ0) is 16.0. The van der Waals surface area contributed by atoms with E-state index in [2.05, 4.69) is 0 Å². The van der Waals surface area contributed by atoms with Crippen LogP contribution in [-0.4, -0.2) is 65.2 Å². The molecule has 0 saturated carbocycles. The molecule has 1 fully saturated rings. The molecular weight excluding hydrogens is 276 g/mol. The molecule has 7 heteroatoms. The standard InChI is InChI=1S/C14H24N2O5/c1-4-21-13(19)11-6-5-7-15(8-11)14(20)16(10(2)3)9-12(17)18/h10-11H,4-9H2,1-3H3,(H,17,18). The molecule has 120 valence electrons. The molecule has 1 atom stereocenters. The fourth-order valence-electron chi connectivity index (χ4n) is 2.40. The van der Waals surface area contributed by atoms with Crippen molar-refractivity contribution in [3.05, 3.63) is 0 Å². The molecule has 0 aromatic rings. The predicted molar refractivity (Wildman–Crippen MR) is 75.8 cm³/mol. The number of likely N-dealkylation sites (tertiary alicyclic amines) is 1. The molecule has 0 bridgehead atoms. The Morgan fingerprint density at radius 3 is 2.57 bits per heavy atom. The van der Waals surface area contributed by atoms with E-state index < -0.39 is 5.97 Å². The number of ether oxygens (including phenoxy) is 1. The average Bonchev–Trinajstić information content (AvgIpc) is 2.44. The molecule has 1 heterocycles. The van der Waals surface area contributed by atoms with Gasteiger partial charge in [-0.3, -0.25) is 9.59 Å². The minimum atomic E-state index is -1.05. The van der Waals surface area contributed by atoms with Gasteiger partial charge in [0.05, 0.1) is 12.5 Å². The van der Waals surface area contributed by atoms with Crippen LogP contribution in [0.5, 0.6) is 0 Å². The fraction of sp³-hybridized carbons (Fsp3) is 0.786. The van der Waals surface area contributed by atoms with E-state index in [4.69, 9.17) is 9.84 Å². The molecule has 0 aromatic carbocycles. The van der Waals surface area contributed by atoms with Crippen molar-refractivity contribution in [1.29, 1.82) is 0 Å². The van der Waals surface area contributed by atoms with Crippen molar-refractivity contribution in [2.75, 3.05) is 26.2 Å². The smallest absolute Gasteiger partial charge is 0.323 e. The third kappa shape index (κ3) is 4.91. The zero-order valence-corrected chi connectivity index (χ0v) is 12.9. The molecule has 1 aliphatic rings. The molecule has 2 amide bonds. The van der Waals surface area contributed by atoms with Gasteiger partial charge < -0.3 is 19.6 Å². The van der Waals surface area contributed by atoms with Crippen LogP contribution in [0.3, 0.4) is 0 Å². The summed E-state index contributed by atoms with van der Waals surface area (Å²) in [6.07, 6.45) is 1.41. The van der Waals surface area contributed by atoms with Crippen molar-refractivity contribution in [2.45, 2.75) is 39.7 Å². The minimum absolute atomic E-state index is 0.212. The highest BCUT2D eigenvalue weighted by molar-refractivity contribution is 5.81. The van der Waals surface area contributed by atoms with E-state index in [1.54, 1.807) is 25.7 Å². The van der Waals surface area contributed by atoms with Crippen LogP contribution in [0.1, 0.15) is 33.6 Å². The monoisotopic (exact) mass is 300 g/mol. The lowest BCUT2D eigenvalue weighted by molar-refractivity contribution is -0.149. The first-order chi connectivity index (χ1) is 9.86. The second-order valence-corrected chi connectivity index (χ2v) is 5.44. The molecule has 7 nitrogen and oxygen atoms in total. The zero-order valence-electron chi connectivity index (χ0n) is 12.9. The number of piperidine rings is 1. The summed E-state index contributed by atoms with van der Waals surface area (Å²) in [6, 6.07) is -0.544. The van der Waals surface area contributed by atoms with E-state index in [1.807, 2.05) is 0 Å². The maximum Gasteiger partial charge on any atom is 0.323 e. The number of urea groups is 1. The number of nitrogens with zero attached hydrogens (tertiary/aromatic N) is 2. The molecular formula is C14H24N2O5. The van der Waals surface area contributed by atoms with Crippen LogP contribution in [0.25, 0.3) is 0 Å². The molecule has 0 aliphatic carbocycles. The maximum absolute atomic E-state index is 12.4. The van der Waals surface area contributed by atoms with Crippen molar-refractivity contribution in [1.82, 2.24) is 9.80 Å². The Kier molecular flexibility index (Phi) is 6.45. The fourth-order valence-corrected chi connectivity index (χ4v) is 2.40. The van der Waals surface area contributed by atoms with Crippen LogP contribution in [-0.2, 0) is 14.3 Å². The van der Waals surface area contributed by atoms with E-state index in [-0.39, 0.29) is 30.5 Å². The summed E-state index contributed by atoms with van der Waals surface area (Å²) in [5.74, 6) is -1.65. The quantitative estimate of drug-likeness (QED) is 0.770. The van der Waals surface area contributed by atoms with Crippen LogP contribution < -0.4 is 0 Å². The summed E-state index contributed by atoms with van der Waals surface area (Å²) >= 11 is 0. The van der Waals surface area contributed by atoms with Gasteiger partial charge in [0, 0.05) is 19.1 Å². The number of esters is 1. The highest BCUT2D eigenvalue weighted by Gasteiger charge is 2.32. The second-order valence-electron chi connectivity index (χ2n) is 5.44. The number of carbonyl (C=O) groups excluding carboxylic acids is 2. The number of rotatable bonds is 5. The summed E-state index contributed by atoms with van der Waals surface area (Å²) in [6.45, 7) is 6.10. The molecule has 0 spiro atoms. The molecule has 0 aromatic heterocycles. The molecule has 1 unspecified atom stereocenters. The highest BCUT2D eigenvalue weighted by atomic mass is 16.5. The van der Waals surface area contributed by atoms with Crippen LogP contribution in [0, 0.1) is 5.92 Å². The molecule has 1 rings (SSSR count). The van der Waals surface area contributed by atoms with E-state index in [0.717, 1.165) is 0 Å². The number of hydrogen-bond donors (Lipinski definition) is 1. The van der Waals surface area contributed by atoms with Crippen LogP contribution in [0.15, 0.2) is 0 Å². The Bertz CT molecular complexity index is 397. The molecule has 1 saturated heterocycles. The lowest BCUT2D eigenvalue weighted by atomic mass is 9.98. The van der Waals surface area contributed by atoms with E-state index in [9.17, 15) is 14.4 Å². The van der Waals surface area contributed by atoms with Crippen LogP contribution >= 0.6 is 0 Å². The van der Waals surface area contributed by atoms with E-state index in [1.165, 1.54) is 4.90 Å². The third-order valence-corrected chi connectivity index (χ3v) is 3.49. The van der Waals surface area contributed by atoms with Crippen molar-refractivity contribution in [3.8, 4) is 0 Å². The van der Waals surface area contributed by atoms with E-state index >= 15 is 0 Å². The SMILES string of the molecule is CCOC(=O)C1CCCN(C(=O)N(CC(=O)O)C(C)C)C1. The first-order valence-electron chi connectivity index (χ1n) is 7.30. The lowest BCUT2D eigenvalue weighted by Crippen LogP contribution is -2.52. The number of carbonyl (C=O) groups is 3. The number of amides is 2. The first kappa shape index (κ1) is 17.3. The summed E-state index contributed by atoms with van der Waals surface area (Å²) in [4.78, 5) is 37.9. The molecule has 1 N–H and O–H groups in total. The molecule has 21 heavy (non-hydrogen) atoms. The van der Waals surface area contributed by atoms with Crippen molar-refractivity contribution in [3.63, 3.8) is 0 Å². The maximum atomic E-state index is 12.4. The summed E-state index contributed by atoms with van der Waals surface area (Å²) in [5.41, 5.74) is 0. The van der Waals surface area contributed by atoms with Crippen LogP contribution in [0.2, 0.25) is 0 Å². The Balaban J connectivity index is 2.71. The molecule has 1 aliphatic heterocycles. The van der Waals surface area contributed by atoms with Gasteiger partial charge in [-0.25, -0.2) is 4.79 Å². The van der Waals surface area contributed by atoms with Gasteiger partial charge >= 0.3 is 18.0 Å². The average molecular weight is 300 g/mol. The number of carboxylic acids is 1. The Morgan fingerprint density at radius 2 is 2.05 bits per heavy atom. The normalized spacial score (nSPS) is 18.5. The summed E-state index contributed by atoms with van der Waals surface area (Å²) in [7, 11) is 0. The van der Waals surface area contributed by atoms with Crippen LogP contribution in [0.4, 0.5) is 4.79 Å². The number of hydrogen-bond acceptors (Lipinski definition) is 4. The molecule has 0 radical (unpaired) electrons. The summed E-state index contributed by atoms with van der Waals surface area (Å²) < 4.78 is 5.00. The predicted octanol–water partition coefficient (Wildman–Crippen LogP) is 1.18. The lowest BCUT2D eigenvalue weighted by Gasteiger charge is -2.36. The van der Waals surface area contributed by atoms with Gasteiger partial charge in [0.1, 0.15) is 6.54 Å². The Hall–Kier alpha value is -1.79. The van der Waals surface area contributed by atoms with Gasteiger partial charge in [-0.05, 0) is 33.6 Å². The Labute approximate surface area is 124 Å². The number of carboxylic acid groups (broad SMARTS) is 1. The van der Waals surface area contributed by atoms with Crippen molar-refractivity contribution in [2.24, 2.45) is 5.92 Å². The van der Waals surface area contributed by atoms with Gasteiger partial charge in [-0.15, -0.1) is 0 Å². The van der Waals surface area contributed by atoms with Gasteiger partial charge in [-0.2, -0.15) is 0 Å². The summed E-state index contributed by atoms with van der Waals surface area (Å²) in [5, 5.41) is 8.90. The van der Waals surface area contributed by atoms with Gasteiger partial charge in [0.25, 0.3) is 0 Å². The van der Waals surface area contributed by atoms with Crippen molar-refractivity contribution >= 4 is 18.0 Å². The van der Waals surface area contributed by atoms with Gasteiger partial charge in [-0.1, -0.05) is 0 Å². The Morgan fingerprint density at radius 1 is 1.38 bits per heavy atom.